The number of amidine groups is 1. The van der Waals surface area contributed by atoms with Crippen molar-refractivity contribution < 1.29 is 0 Å². The molecule has 1 aliphatic heterocycles. The molecule has 0 atom stereocenters. The minimum atomic E-state index is 0.848. The maximum absolute atomic E-state index is 4.26. The van der Waals surface area contributed by atoms with E-state index in [1.807, 2.05) is 20.0 Å². The van der Waals surface area contributed by atoms with E-state index in [4.69, 9.17) is 0 Å². The van der Waals surface area contributed by atoms with Crippen molar-refractivity contribution in [3.05, 3.63) is 36.2 Å². The van der Waals surface area contributed by atoms with Gasteiger partial charge in [0.05, 0.1) is 0 Å². The molecule has 0 unspecified atom stereocenters. The first-order valence-electron chi connectivity index (χ1n) is 4.01. The summed E-state index contributed by atoms with van der Waals surface area (Å²) in [5.74, 6) is 0.954. The Kier molecular flexibility index (Phi) is 2.86. The van der Waals surface area contributed by atoms with Crippen molar-refractivity contribution in [1.29, 1.82) is 0 Å². The maximum atomic E-state index is 4.26. The highest BCUT2D eigenvalue weighted by molar-refractivity contribution is 5.85. The minimum Gasteiger partial charge on any atom is -0.348 e. The van der Waals surface area contributed by atoms with Crippen LogP contribution in [0.5, 0.6) is 0 Å². The zero-order valence-corrected chi connectivity index (χ0v) is 7.59. The molecule has 64 valence electrons. The van der Waals surface area contributed by atoms with E-state index in [1.165, 1.54) is 5.57 Å². The summed E-state index contributed by atoms with van der Waals surface area (Å²) in [7, 11) is 0. The number of nitrogens with one attached hydrogen (secondary N) is 1. The van der Waals surface area contributed by atoms with Crippen molar-refractivity contribution in [3.8, 4) is 0 Å². The van der Waals surface area contributed by atoms with Gasteiger partial charge in [0.1, 0.15) is 5.84 Å². The van der Waals surface area contributed by atoms with Gasteiger partial charge in [-0.25, -0.2) is 4.99 Å². The third kappa shape index (κ3) is 2.74. The molecule has 0 amide bonds. The van der Waals surface area contributed by atoms with Crippen LogP contribution < -0.4 is 5.32 Å². The van der Waals surface area contributed by atoms with Gasteiger partial charge in [-0.15, -0.1) is 0 Å². The molecule has 0 saturated carbocycles. The molecule has 2 heteroatoms. The lowest BCUT2D eigenvalue weighted by Crippen LogP contribution is -2.19. The zero-order chi connectivity index (χ0) is 8.97. The van der Waals surface area contributed by atoms with Crippen LogP contribution in [0.25, 0.3) is 0 Å². The predicted molar refractivity (Wildman–Crippen MR) is 52.9 cm³/mol. The van der Waals surface area contributed by atoms with Gasteiger partial charge in [-0.1, -0.05) is 18.7 Å². The van der Waals surface area contributed by atoms with Crippen molar-refractivity contribution in [2.24, 2.45) is 4.99 Å². The summed E-state index contributed by atoms with van der Waals surface area (Å²) in [6.45, 7) is 7.72. The van der Waals surface area contributed by atoms with Crippen LogP contribution in [0.3, 0.4) is 0 Å². The molecule has 1 aliphatic rings. The largest absolute Gasteiger partial charge is 0.348 e. The molecule has 0 fully saturated rings. The summed E-state index contributed by atoms with van der Waals surface area (Å²) in [5.41, 5.74) is 2.10. The Balaban J connectivity index is 2.68. The van der Waals surface area contributed by atoms with Crippen molar-refractivity contribution in [3.63, 3.8) is 0 Å². The summed E-state index contributed by atoms with van der Waals surface area (Å²) >= 11 is 0. The summed E-state index contributed by atoms with van der Waals surface area (Å²) in [5, 5.41) is 3.10. The standard InChI is InChI=1S/C10H14N2/c1-8(2)12-10-6-4-5-9(3)7-11-10/h4-5,7H,1,6H2,2-3H3,(H,11,12). The second kappa shape index (κ2) is 3.90. The van der Waals surface area contributed by atoms with Crippen molar-refractivity contribution in [2.45, 2.75) is 20.3 Å². The minimum absolute atomic E-state index is 0.848. The molecule has 0 aliphatic carbocycles. The molecule has 0 aromatic heterocycles. The van der Waals surface area contributed by atoms with Gasteiger partial charge in [-0.2, -0.15) is 0 Å². The average Bonchev–Trinajstić information content (AvgIpc) is 2.15. The average molecular weight is 162 g/mol. The molecule has 0 bridgehead atoms. The second-order valence-corrected chi connectivity index (χ2v) is 2.96. The van der Waals surface area contributed by atoms with Crippen LogP contribution in [0.1, 0.15) is 20.3 Å². The van der Waals surface area contributed by atoms with E-state index in [0.29, 0.717) is 0 Å². The van der Waals surface area contributed by atoms with Crippen molar-refractivity contribution >= 4 is 5.84 Å². The van der Waals surface area contributed by atoms with Crippen molar-refractivity contribution in [2.75, 3.05) is 0 Å². The summed E-state index contributed by atoms with van der Waals surface area (Å²) in [6, 6.07) is 0. The first-order valence-corrected chi connectivity index (χ1v) is 4.01. The van der Waals surface area contributed by atoms with E-state index in [1.54, 1.807) is 0 Å². The first-order chi connectivity index (χ1) is 5.68. The van der Waals surface area contributed by atoms with Crippen LogP contribution in [0.15, 0.2) is 41.2 Å². The predicted octanol–water partition coefficient (Wildman–Crippen LogP) is 2.37. The van der Waals surface area contributed by atoms with Gasteiger partial charge in [0, 0.05) is 18.3 Å². The lowest BCUT2D eigenvalue weighted by Gasteiger charge is -2.04. The maximum Gasteiger partial charge on any atom is 0.109 e. The fourth-order valence-corrected chi connectivity index (χ4v) is 0.962. The van der Waals surface area contributed by atoms with Gasteiger partial charge in [-0.05, 0) is 19.4 Å². The molecule has 1 rings (SSSR count). The number of allylic oxidation sites excluding steroid dienone is 3. The Morgan fingerprint density at radius 2 is 2.42 bits per heavy atom. The summed E-state index contributed by atoms with van der Waals surface area (Å²) < 4.78 is 0. The van der Waals surface area contributed by atoms with Gasteiger partial charge in [0.15, 0.2) is 0 Å². The number of hydrogen-bond donors (Lipinski definition) is 1. The van der Waals surface area contributed by atoms with E-state index in [0.717, 1.165) is 18.0 Å². The third-order valence-electron chi connectivity index (χ3n) is 1.47. The number of rotatable bonds is 1. The van der Waals surface area contributed by atoms with E-state index >= 15 is 0 Å². The van der Waals surface area contributed by atoms with Gasteiger partial charge < -0.3 is 5.32 Å². The monoisotopic (exact) mass is 162 g/mol. The van der Waals surface area contributed by atoms with Gasteiger partial charge in [0.25, 0.3) is 0 Å². The van der Waals surface area contributed by atoms with Gasteiger partial charge in [0.2, 0.25) is 0 Å². The topological polar surface area (TPSA) is 24.4 Å². The summed E-state index contributed by atoms with van der Waals surface area (Å²) in [4.78, 5) is 4.26. The van der Waals surface area contributed by atoms with E-state index in [2.05, 4.69) is 29.0 Å². The highest BCUT2D eigenvalue weighted by atomic mass is 15.0. The molecule has 12 heavy (non-hydrogen) atoms. The van der Waals surface area contributed by atoms with Crippen molar-refractivity contribution in [1.82, 2.24) is 5.32 Å². The molecule has 0 spiro atoms. The smallest absolute Gasteiger partial charge is 0.109 e. The van der Waals surface area contributed by atoms with Crippen LogP contribution >= 0.6 is 0 Å². The normalized spacial score (nSPS) is 16.2. The Hall–Kier alpha value is -1.31. The van der Waals surface area contributed by atoms with E-state index in [-0.39, 0.29) is 0 Å². The van der Waals surface area contributed by atoms with Crippen LogP contribution in [-0.4, -0.2) is 5.84 Å². The van der Waals surface area contributed by atoms with Gasteiger partial charge >= 0.3 is 0 Å². The lowest BCUT2D eigenvalue weighted by molar-refractivity contribution is 1.09. The molecule has 0 saturated heterocycles. The lowest BCUT2D eigenvalue weighted by atomic mass is 10.3. The molecule has 1 N–H and O–H groups in total. The van der Waals surface area contributed by atoms with Crippen LogP contribution in [0, 0.1) is 0 Å². The highest BCUT2D eigenvalue weighted by Gasteiger charge is 1.97. The Labute approximate surface area is 73.4 Å². The quantitative estimate of drug-likeness (QED) is 0.629. The fraction of sp³-hybridized carbons (Fsp3) is 0.300. The molecule has 2 nitrogen and oxygen atoms in total. The third-order valence-corrected chi connectivity index (χ3v) is 1.47. The van der Waals surface area contributed by atoms with Crippen LogP contribution in [0.4, 0.5) is 0 Å². The molecule has 0 aromatic carbocycles. The van der Waals surface area contributed by atoms with Crippen LogP contribution in [0.2, 0.25) is 0 Å². The summed E-state index contributed by atoms with van der Waals surface area (Å²) in [6.07, 6.45) is 6.86. The zero-order valence-electron chi connectivity index (χ0n) is 7.59. The molecular formula is C10H14N2. The number of hydrogen-bond acceptors (Lipinski definition) is 2. The first kappa shape index (κ1) is 8.78. The number of aliphatic imine (C=N–C) groups is 1. The van der Waals surface area contributed by atoms with Gasteiger partial charge in [-0.3, -0.25) is 0 Å². The molecule has 1 heterocycles. The fourth-order valence-electron chi connectivity index (χ4n) is 0.962. The Bertz CT molecular complexity index is 270. The van der Waals surface area contributed by atoms with Crippen LogP contribution in [-0.2, 0) is 0 Å². The SMILES string of the molecule is C=C(C)NC1=NC=C(C)C=CC1. The Morgan fingerprint density at radius 3 is 3.08 bits per heavy atom. The highest BCUT2D eigenvalue weighted by Crippen LogP contribution is 2.03. The molecule has 0 aromatic rings. The van der Waals surface area contributed by atoms with E-state index in [9.17, 15) is 0 Å². The molecular weight excluding hydrogens is 148 g/mol. The molecule has 0 radical (unpaired) electrons. The number of nitrogens with zero attached hydrogens (tertiary/aromatic N) is 1. The van der Waals surface area contributed by atoms with E-state index < -0.39 is 0 Å². The Morgan fingerprint density at radius 1 is 1.67 bits per heavy atom. The second-order valence-electron chi connectivity index (χ2n) is 2.96.